The smallest absolute Gasteiger partial charge is 0.134 e. The first kappa shape index (κ1) is 15.7. The number of ether oxygens (including phenoxy) is 1. The van der Waals surface area contributed by atoms with Gasteiger partial charge in [0.05, 0.1) is 6.61 Å². The van der Waals surface area contributed by atoms with Gasteiger partial charge >= 0.3 is 0 Å². The standard InChI is InChI=1S/C14H26N4O/c1-5-6-12-13(15-4)17-10-18-14(12)16-7-8-19-9-11(2)3/h10-11H,5-9H2,1-4H3,(H2,15,16,17,18). The lowest BCUT2D eigenvalue weighted by atomic mass is 10.1. The Labute approximate surface area is 116 Å². The number of nitrogens with zero attached hydrogens (tertiary/aromatic N) is 2. The number of rotatable bonds is 9. The van der Waals surface area contributed by atoms with Crippen molar-refractivity contribution in [3.05, 3.63) is 11.9 Å². The van der Waals surface area contributed by atoms with Gasteiger partial charge in [0, 0.05) is 25.8 Å². The van der Waals surface area contributed by atoms with Crippen LogP contribution in [0.1, 0.15) is 32.8 Å². The second kappa shape index (κ2) is 8.69. The van der Waals surface area contributed by atoms with E-state index in [1.807, 2.05) is 7.05 Å². The van der Waals surface area contributed by atoms with E-state index >= 15 is 0 Å². The highest BCUT2D eigenvalue weighted by Gasteiger charge is 2.09. The number of nitrogens with one attached hydrogen (secondary N) is 2. The summed E-state index contributed by atoms with van der Waals surface area (Å²) in [5.41, 5.74) is 1.15. The van der Waals surface area contributed by atoms with Crippen LogP contribution >= 0.6 is 0 Å². The van der Waals surface area contributed by atoms with Gasteiger partial charge in [0.25, 0.3) is 0 Å². The van der Waals surface area contributed by atoms with Crippen LogP contribution in [0.3, 0.4) is 0 Å². The molecule has 0 aromatic carbocycles. The SMILES string of the molecule is CCCc1c(NC)ncnc1NCCOCC(C)C. The van der Waals surface area contributed by atoms with Crippen molar-refractivity contribution >= 4 is 11.6 Å². The van der Waals surface area contributed by atoms with Crippen molar-refractivity contribution in [1.82, 2.24) is 9.97 Å². The molecular weight excluding hydrogens is 240 g/mol. The summed E-state index contributed by atoms with van der Waals surface area (Å²) >= 11 is 0. The molecule has 19 heavy (non-hydrogen) atoms. The summed E-state index contributed by atoms with van der Waals surface area (Å²) in [5, 5.41) is 6.45. The average Bonchev–Trinajstić information content (AvgIpc) is 2.39. The molecule has 0 bridgehead atoms. The van der Waals surface area contributed by atoms with Gasteiger partial charge in [-0.15, -0.1) is 0 Å². The molecule has 0 spiro atoms. The van der Waals surface area contributed by atoms with E-state index in [4.69, 9.17) is 4.74 Å². The normalized spacial score (nSPS) is 10.8. The van der Waals surface area contributed by atoms with E-state index in [0.717, 1.165) is 43.2 Å². The third kappa shape index (κ3) is 5.42. The average molecular weight is 266 g/mol. The first-order valence-electron chi connectivity index (χ1n) is 7.02. The van der Waals surface area contributed by atoms with Crippen molar-refractivity contribution in [2.75, 3.05) is 37.4 Å². The summed E-state index contributed by atoms with van der Waals surface area (Å²) in [6.07, 6.45) is 3.62. The third-order valence-electron chi connectivity index (χ3n) is 2.67. The Hall–Kier alpha value is -1.36. The molecule has 0 aliphatic rings. The van der Waals surface area contributed by atoms with Crippen molar-refractivity contribution in [3.63, 3.8) is 0 Å². The molecule has 0 fully saturated rings. The molecule has 0 saturated heterocycles. The van der Waals surface area contributed by atoms with E-state index in [1.165, 1.54) is 0 Å². The molecule has 0 unspecified atom stereocenters. The summed E-state index contributed by atoms with van der Waals surface area (Å²) < 4.78 is 5.55. The third-order valence-corrected chi connectivity index (χ3v) is 2.67. The summed E-state index contributed by atoms with van der Waals surface area (Å²) in [5.74, 6) is 2.39. The van der Waals surface area contributed by atoms with Gasteiger partial charge in [-0.3, -0.25) is 0 Å². The largest absolute Gasteiger partial charge is 0.379 e. The zero-order valence-electron chi connectivity index (χ0n) is 12.5. The van der Waals surface area contributed by atoms with Crippen LogP contribution in [-0.4, -0.2) is 36.8 Å². The summed E-state index contributed by atoms with van der Waals surface area (Å²) in [7, 11) is 1.89. The van der Waals surface area contributed by atoms with Crippen molar-refractivity contribution in [3.8, 4) is 0 Å². The lowest BCUT2D eigenvalue weighted by molar-refractivity contribution is 0.118. The predicted octanol–water partition coefficient (Wildman–Crippen LogP) is 2.56. The second-order valence-corrected chi connectivity index (χ2v) is 4.94. The monoisotopic (exact) mass is 266 g/mol. The van der Waals surface area contributed by atoms with Crippen LogP contribution in [0, 0.1) is 5.92 Å². The fourth-order valence-corrected chi connectivity index (χ4v) is 1.83. The maximum atomic E-state index is 5.55. The minimum atomic E-state index is 0.575. The predicted molar refractivity (Wildman–Crippen MR) is 79.7 cm³/mol. The zero-order valence-corrected chi connectivity index (χ0v) is 12.5. The number of hydrogen-bond donors (Lipinski definition) is 2. The molecule has 5 heteroatoms. The molecule has 1 heterocycles. The molecule has 5 nitrogen and oxygen atoms in total. The van der Waals surface area contributed by atoms with E-state index in [9.17, 15) is 0 Å². The lowest BCUT2D eigenvalue weighted by Gasteiger charge is -2.14. The molecule has 1 aromatic heterocycles. The molecule has 1 aromatic rings. The van der Waals surface area contributed by atoms with Crippen molar-refractivity contribution in [1.29, 1.82) is 0 Å². The lowest BCUT2D eigenvalue weighted by Crippen LogP contribution is -2.15. The Morgan fingerprint density at radius 1 is 1.26 bits per heavy atom. The molecule has 1 rings (SSSR count). The Bertz CT molecular complexity index is 368. The molecule has 0 amide bonds. The quantitative estimate of drug-likeness (QED) is 0.673. The molecule has 0 atom stereocenters. The van der Waals surface area contributed by atoms with E-state index in [2.05, 4.69) is 41.4 Å². The fraction of sp³-hybridized carbons (Fsp3) is 0.714. The van der Waals surface area contributed by atoms with Crippen molar-refractivity contribution in [2.24, 2.45) is 5.92 Å². The maximum absolute atomic E-state index is 5.55. The van der Waals surface area contributed by atoms with Crippen LogP contribution in [0.15, 0.2) is 6.33 Å². The van der Waals surface area contributed by atoms with E-state index in [-0.39, 0.29) is 0 Å². The van der Waals surface area contributed by atoms with Gasteiger partial charge in [-0.1, -0.05) is 27.2 Å². The first-order chi connectivity index (χ1) is 9.19. The Morgan fingerprint density at radius 2 is 2.00 bits per heavy atom. The van der Waals surface area contributed by atoms with Gasteiger partial charge in [0.1, 0.15) is 18.0 Å². The Kier molecular flexibility index (Phi) is 7.18. The van der Waals surface area contributed by atoms with Crippen LogP contribution < -0.4 is 10.6 Å². The van der Waals surface area contributed by atoms with Gasteiger partial charge in [0.2, 0.25) is 0 Å². The van der Waals surface area contributed by atoms with E-state index in [1.54, 1.807) is 6.33 Å². The van der Waals surface area contributed by atoms with Gasteiger partial charge in [-0.25, -0.2) is 9.97 Å². The minimum Gasteiger partial charge on any atom is -0.379 e. The van der Waals surface area contributed by atoms with Gasteiger partial charge in [-0.05, 0) is 12.3 Å². The van der Waals surface area contributed by atoms with Gasteiger partial charge in [-0.2, -0.15) is 0 Å². The van der Waals surface area contributed by atoms with E-state index in [0.29, 0.717) is 12.5 Å². The first-order valence-corrected chi connectivity index (χ1v) is 7.02. The topological polar surface area (TPSA) is 59.1 Å². The van der Waals surface area contributed by atoms with Crippen LogP contribution in [0.2, 0.25) is 0 Å². The molecule has 2 N–H and O–H groups in total. The molecule has 0 radical (unpaired) electrons. The van der Waals surface area contributed by atoms with Crippen LogP contribution in [-0.2, 0) is 11.2 Å². The fourth-order valence-electron chi connectivity index (χ4n) is 1.83. The highest BCUT2D eigenvalue weighted by Crippen LogP contribution is 2.20. The molecule has 0 aliphatic heterocycles. The number of anilines is 2. The zero-order chi connectivity index (χ0) is 14.1. The minimum absolute atomic E-state index is 0.575. The molecular formula is C14H26N4O. The van der Waals surface area contributed by atoms with Crippen LogP contribution in [0.4, 0.5) is 11.6 Å². The highest BCUT2D eigenvalue weighted by molar-refractivity contribution is 5.57. The molecule has 0 aliphatic carbocycles. The Balaban J connectivity index is 2.52. The molecule has 108 valence electrons. The van der Waals surface area contributed by atoms with Gasteiger partial charge < -0.3 is 15.4 Å². The molecule has 0 saturated carbocycles. The summed E-state index contributed by atoms with van der Waals surface area (Å²) in [6, 6.07) is 0. The summed E-state index contributed by atoms with van der Waals surface area (Å²) in [4.78, 5) is 8.57. The Morgan fingerprint density at radius 3 is 2.63 bits per heavy atom. The second-order valence-electron chi connectivity index (χ2n) is 4.94. The summed E-state index contributed by atoms with van der Waals surface area (Å²) in [6.45, 7) is 8.72. The highest BCUT2D eigenvalue weighted by atomic mass is 16.5. The van der Waals surface area contributed by atoms with Crippen LogP contribution in [0.25, 0.3) is 0 Å². The van der Waals surface area contributed by atoms with Crippen molar-refractivity contribution in [2.45, 2.75) is 33.6 Å². The van der Waals surface area contributed by atoms with Gasteiger partial charge in [0.15, 0.2) is 0 Å². The maximum Gasteiger partial charge on any atom is 0.134 e. The number of hydrogen-bond acceptors (Lipinski definition) is 5. The van der Waals surface area contributed by atoms with Crippen molar-refractivity contribution < 1.29 is 4.74 Å². The number of aromatic nitrogens is 2. The van der Waals surface area contributed by atoms with E-state index < -0.39 is 0 Å². The van der Waals surface area contributed by atoms with Crippen LogP contribution in [0.5, 0.6) is 0 Å².